The smallest absolute Gasteiger partial charge is 0.392 e. The van der Waals surface area contributed by atoms with Crippen molar-refractivity contribution in [1.82, 2.24) is 4.98 Å². The van der Waals surface area contributed by atoms with Crippen LogP contribution in [-0.2, 0) is 22.4 Å². The first-order valence-electron chi connectivity index (χ1n) is 11.8. The van der Waals surface area contributed by atoms with Gasteiger partial charge in [-0.1, -0.05) is 24.3 Å². The summed E-state index contributed by atoms with van der Waals surface area (Å²) in [6.07, 6.45) is -1.50. The molecule has 0 amide bonds. The molecular formula is C28H32F3NO5S. The molecular weight excluding hydrogens is 519 g/mol. The van der Waals surface area contributed by atoms with Crippen LogP contribution >= 0.6 is 11.3 Å². The van der Waals surface area contributed by atoms with Crippen LogP contribution in [0.1, 0.15) is 44.2 Å². The van der Waals surface area contributed by atoms with Gasteiger partial charge < -0.3 is 19.0 Å². The summed E-state index contributed by atoms with van der Waals surface area (Å²) < 4.78 is 50.2. The number of allylic oxidation sites excluding steroid dienone is 3. The van der Waals surface area contributed by atoms with Crippen LogP contribution in [0.2, 0.25) is 0 Å². The minimum Gasteiger partial charge on any atom is -0.493 e. The van der Waals surface area contributed by atoms with Gasteiger partial charge in [-0.15, -0.1) is 17.9 Å². The monoisotopic (exact) mass is 551 g/mol. The molecule has 206 valence electrons. The molecule has 1 aromatic carbocycles. The molecule has 0 saturated heterocycles. The number of benzene rings is 1. The first kappa shape index (κ1) is 30.7. The molecule has 6 nitrogen and oxygen atoms in total. The number of halogens is 3. The standard InChI is InChI=1S/C24H27NO5S.C4H5F3/c1-5-16(2)30-24(4,23(26)27)15-18-8-10-19(11-9-18)28-13-12-20-17(3)29-22(25-20)21-7-6-14-31-21;1-2-3-4(5,6)7/h5-11,14H,12-13,15H2,1-4H3,(H,26,27);2H,1,3H2/b16-5+;. The summed E-state index contributed by atoms with van der Waals surface area (Å²) in [4.78, 5) is 17.3. The van der Waals surface area contributed by atoms with Crippen molar-refractivity contribution in [2.75, 3.05) is 6.61 Å². The average molecular weight is 552 g/mol. The van der Waals surface area contributed by atoms with Gasteiger partial charge in [0.15, 0.2) is 0 Å². The molecule has 0 radical (unpaired) electrons. The molecule has 0 aliphatic heterocycles. The number of ether oxygens (including phenoxy) is 2. The topological polar surface area (TPSA) is 81.8 Å². The zero-order valence-electron chi connectivity index (χ0n) is 21.8. The number of carbonyl (C=O) groups is 1. The third kappa shape index (κ3) is 9.74. The van der Waals surface area contributed by atoms with E-state index < -0.39 is 24.2 Å². The van der Waals surface area contributed by atoms with Crippen LogP contribution in [0.5, 0.6) is 5.75 Å². The van der Waals surface area contributed by atoms with Gasteiger partial charge in [-0.25, -0.2) is 9.78 Å². The van der Waals surface area contributed by atoms with Gasteiger partial charge in [-0.05, 0) is 62.9 Å². The van der Waals surface area contributed by atoms with Crippen LogP contribution in [0.4, 0.5) is 13.2 Å². The Morgan fingerprint density at radius 1 is 1.24 bits per heavy atom. The van der Waals surface area contributed by atoms with Crippen molar-refractivity contribution in [3.8, 4) is 16.5 Å². The quantitative estimate of drug-likeness (QED) is 0.194. The lowest BCUT2D eigenvalue weighted by atomic mass is 9.96. The van der Waals surface area contributed by atoms with Crippen molar-refractivity contribution in [3.63, 3.8) is 0 Å². The van der Waals surface area contributed by atoms with Gasteiger partial charge in [0.2, 0.25) is 11.5 Å². The van der Waals surface area contributed by atoms with Gasteiger partial charge >= 0.3 is 12.1 Å². The van der Waals surface area contributed by atoms with E-state index in [-0.39, 0.29) is 6.42 Å². The zero-order valence-corrected chi connectivity index (χ0v) is 22.6. The van der Waals surface area contributed by atoms with Crippen LogP contribution in [0.15, 0.2) is 70.7 Å². The van der Waals surface area contributed by atoms with Crippen molar-refractivity contribution in [2.24, 2.45) is 0 Å². The van der Waals surface area contributed by atoms with E-state index in [1.54, 1.807) is 31.3 Å². The predicted octanol–water partition coefficient (Wildman–Crippen LogP) is 7.78. The lowest BCUT2D eigenvalue weighted by molar-refractivity contribution is -0.158. The minimum atomic E-state index is -4.07. The number of hydrogen-bond donors (Lipinski definition) is 1. The van der Waals surface area contributed by atoms with Gasteiger partial charge in [0.1, 0.15) is 11.5 Å². The maximum atomic E-state index is 11.7. The van der Waals surface area contributed by atoms with E-state index in [1.165, 1.54) is 0 Å². The minimum absolute atomic E-state index is 0.247. The summed E-state index contributed by atoms with van der Waals surface area (Å²) in [5, 5.41) is 11.6. The SMILES string of the molecule is C/C=C(\C)OC(C)(Cc1ccc(OCCc2nc(-c3cccs3)oc2C)cc1)C(=O)O.C=CCC(F)(F)F. The lowest BCUT2D eigenvalue weighted by Gasteiger charge is -2.27. The van der Waals surface area contributed by atoms with Crippen LogP contribution < -0.4 is 4.74 Å². The number of rotatable bonds is 11. The van der Waals surface area contributed by atoms with E-state index in [9.17, 15) is 23.1 Å². The van der Waals surface area contributed by atoms with E-state index in [0.717, 1.165) is 28.0 Å². The highest BCUT2D eigenvalue weighted by molar-refractivity contribution is 7.13. The Labute approximate surface area is 224 Å². The summed E-state index contributed by atoms with van der Waals surface area (Å²) in [6.45, 7) is 10.4. The number of aliphatic carboxylic acids is 1. The number of aryl methyl sites for hydroxylation is 1. The second-order valence-electron chi connectivity index (χ2n) is 8.56. The summed E-state index contributed by atoms with van der Waals surface area (Å²) in [7, 11) is 0. The van der Waals surface area contributed by atoms with Crippen molar-refractivity contribution >= 4 is 17.3 Å². The number of nitrogens with zero attached hydrogens (tertiary/aromatic N) is 1. The van der Waals surface area contributed by atoms with Crippen molar-refractivity contribution in [1.29, 1.82) is 0 Å². The first-order valence-corrected chi connectivity index (χ1v) is 12.7. The van der Waals surface area contributed by atoms with Crippen molar-refractivity contribution in [3.05, 3.63) is 83.3 Å². The molecule has 0 fully saturated rings. The summed E-state index contributed by atoms with van der Waals surface area (Å²) in [5.74, 6) is 1.73. The number of aromatic nitrogens is 1. The van der Waals surface area contributed by atoms with Crippen LogP contribution in [-0.4, -0.2) is 34.4 Å². The second-order valence-corrected chi connectivity index (χ2v) is 9.51. The maximum absolute atomic E-state index is 11.7. The fourth-order valence-corrected chi connectivity index (χ4v) is 3.91. The fourth-order valence-electron chi connectivity index (χ4n) is 3.26. The summed E-state index contributed by atoms with van der Waals surface area (Å²) >= 11 is 1.59. The molecule has 2 aromatic heterocycles. The van der Waals surface area contributed by atoms with Crippen LogP contribution in [0.25, 0.3) is 10.8 Å². The Hall–Kier alpha value is -3.53. The van der Waals surface area contributed by atoms with Gasteiger partial charge in [-0.2, -0.15) is 13.2 Å². The Balaban J connectivity index is 0.000000638. The third-order valence-corrected chi connectivity index (χ3v) is 6.18. The molecule has 1 atom stereocenters. The highest BCUT2D eigenvalue weighted by Crippen LogP contribution is 2.27. The van der Waals surface area contributed by atoms with E-state index in [4.69, 9.17) is 13.9 Å². The molecule has 10 heteroatoms. The molecule has 0 saturated carbocycles. The number of alkyl halides is 3. The third-order valence-electron chi connectivity index (χ3n) is 5.32. The van der Waals surface area contributed by atoms with Crippen LogP contribution in [0, 0.1) is 6.92 Å². The molecule has 1 N–H and O–H groups in total. The van der Waals surface area contributed by atoms with E-state index >= 15 is 0 Å². The number of hydrogen-bond acceptors (Lipinski definition) is 6. The second kappa shape index (κ2) is 13.9. The van der Waals surface area contributed by atoms with Crippen molar-refractivity contribution in [2.45, 2.75) is 58.7 Å². The lowest BCUT2D eigenvalue weighted by Crippen LogP contribution is -2.40. The molecule has 38 heavy (non-hydrogen) atoms. The molecule has 3 aromatic rings. The Bertz CT molecular complexity index is 1200. The van der Waals surface area contributed by atoms with Gasteiger partial charge in [0, 0.05) is 12.8 Å². The summed E-state index contributed by atoms with van der Waals surface area (Å²) in [5.41, 5.74) is 0.409. The zero-order chi connectivity index (χ0) is 28.3. The Morgan fingerprint density at radius 2 is 1.92 bits per heavy atom. The van der Waals surface area contributed by atoms with Gasteiger partial charge in [0.25, 0.3) is 0 Å². The number of carboxylic acids is 1. The molecule has 0 spiro atoms. The Kier molecular flexibility index (Phi) is 11.2. The number of carboxylic acid groups (broad SMARTS) is 1. The first-order chi connectivity index (χ1) is 17.9. The number of thiophene rings is 1. The van der Waals surface area contributed by atoms with Gasteiger partial charge in [-0.3, -0.25) is 0 Å². The van der Waals surface area contributed by atoms with E-state index in [1.807, 2.05) is 55.6 Å². The molecule has 1 unspecified atom stereocenters. The maximum Gasteiger partial charge on any atom is 0.392 e. The highest BCUT2D eigenvalue weighted by Gasteiger charge is 2.35. The van der Waals surface area contributed by atoms with Crippen molar-refractivity contribution < 1.29 is 37.0 Å². The van der Waals surface area contributed by atoms with E-state index in [0.29, 0.717) is 30.4 Å². The highest BCUT2D eigenvalue weighted by atomic mass is 32.1. The largest absolute Gasteiger partial charge is 0.493 e. The number of oxazole rings is 1. The molecule has 0 aliphatic rings. The molecule has 0 bridgehead atoms. The fraction of sp³-hybridized carbons (Fsp3) is 0.357. The predicted molar refractivity (Wildman–Crippen MR) is 141 cm³/mol. The molecule has 3 rings (SSSR count). The molecule has 2 heterocycles. The Morgan fingerprint density at radius 3 is 2.42 bits per heavy atom. The molecule has 0 aliphatic carbocycles. The summed E-state index contributed by atoms with van der Waals surface area (Å²) in [6, 6.07) is 11.4. The van der Waals surface area contributed by atoms with E-state index in [2.05, 4.69) is 11.6 Å². The van der Waals surface area contributed by atoms with Gasteiger partial charge in [0.05, 0.1) is 29.4 Å². The normalized spacial score (nSPS) is 13.2. The average Bonchev–Trinajstić information content (AvgIpc) is 3.50. The van der Waals surface area contributed by atoms with Crippen LogP contribution in [0.3, 0.4) is 0 Å².